The third-order valence-electron chi connectivity index (χ3n) is 4.62. The van der Waals surface area contributed by atoms with E-state index in [1.807, 2.05) is 0 Å². The van der Waals surface area contributed by atoms with Crippen LogP contribution < -0.4 is 5.32 Å². The minimum atomic E-state index is -1.09. The fourth-order valence-electron chi connectivity index (χ4n) is 2.13. The summed E-state index contributed by atoms with van der Waals surface area (Å²) in [5.74, 6) is -0.959. The van der Waals surface area contributed by atoms with Gasteiger partial charge in [0.25, 0.3) is 0 Å². The Morgan fingerprint density at radius 1 is 1.10 bits per heavy atom. The molecule has 2 atom stereocenters. The molecular weight excluding hydrogens is 276 g/mol. The molecule has 122 valence electrons. The van der Waals surface area contributed by atoms with Gasteiger partial charge in [0, 0.05) is 14.2 Å². The lowest BCUT2D eigenvalue weighted by molar-refractivity contribution is -0.150. The summed E-state index contributed by atoms with van der Waals surface area (Å²) < 4.78 is 10.6. The predicted molar refractivity (Wildman–Crippen MR) is 77.2 cm³/mol. The summed E-state index contributed by atoms with van der Waals surface area (Å²) in [7, 11) is 3.16. The summed E-state index contributed by atoms with van der Waals surface area (Å²) in [5, 5.41) is 12.1. The molecule has 7 heteroatoms. The highest BCUT2D eigenvalue weighted by Crippen LogP contribution is 2.31. The van der Waals surface area contributed by atoms with Gasteiger partial charge >= 0.3 is 12.0 Å². The highest BCUT2D eigenvalue weighted by Gasteiger charge is 2.46. The standard InChI is InChI=1S/C14H26N2O5/c1-13(2,11(17)18)14(3,4)15-12(19)16-7-9(20-5)10(8-16)21-6/h9-10H,7-8H2,1-6H3,(H,15,19)(H,17,18). The maximum Gasteiger partial charge on any atom is 0.318 e. The van der Waals surface area contributed by atoms with Crippen molar-refractivity contribution >= 4 is 12.0 Å². The molecule has 7 nitrogen and oxygen atoms in total. The lowest BCUT2D eigenvalue weighted by Gasteiger charge is -2.39. The first-order chi connectivity index (χ1) is 9.56. The van der Waals surface area contributed by atoms with Gasteiger partial charge in [-0.15, -0.1) is 0 Å². The zero-order valence-corrected chi connectivity index (χ0v) is 13.6. The number of amides is 2. The number of carbonyl (C=O) groups excluding carboxylic acids is 1. The molecule has 0 radical (unpaired) electrons. The quantitative estimate of drug-likeness (QED) is 0.789. The number of aliphatic carboxylic acids is 1. The van der Waals surface area contributed by atoms with Crippen LogP contribution in [0.5, 0.6) is 0 Å². The Kier molecular flexibility index (Phi) is 5.22. The van der Waals surface area contributed by atoms with Crippen LogP contribution in [0.15, 0.2) is 0 Å². The van der Waals surface area contributed by atoms with Crippen LogP contribution in [0.2, 0.25) is 0 Å². The average molecular weight is 302 g/mol. The second-order valence-corrected chi connectivity index (χ2v) is 6.44. The summed E-state index contributed by atoms with van der Waals surface area (Å²) in [6.45, 7) is 7.44. The van der Waals surface area contributed by atoms with Crippen LogP contribution in [0.3, 0.4) is 0 Å². The molecule has 0 saturated carbocycles. The van der Waals surface area contributed by atoms with E-state index in [-0.39, 0.29) is 18.2 Å². The Bertz CT molecular complexity index is 396. The highest BCUT2D eigenvalue weighted by molar-refractivity contribution is 5.80. The summed E-state index contributed by atoms with van der Waals surface area (Å²) in [5.41, 5.74) is -1.99. The van der Waals surface area contributed by atoms with Crippen LogP contribution in [0.4, 0.5) is 4.79 Å². The van der Waals surface area contributed by atoms with Crippen LogP contribution in [-0.2, 0) is 14.3 Å². The number of carboxylic acid groups (broad SMARTS) is 1. The molecule has 0 spiro atoms. The third-order valence-corrected chi connectivity index (χ3v) is 4.62. The lowest BCUT2D eigenvalue weighted by Crippen LogP contribution is -2.59. The number of hydrogen-bond acceptors (Lipinski definition) is 4. The van der Waals surface area contributed by atoms with Gasteiger partial charge in [0.05, 0.1) is 24.0 Å². The summed E-state index contributed by atoms with van der Waals surface area (Å²) >= 11 is 0. The number of nitrogens with zero attached hydrogens (tertiary/aromatic N) is 1. The Morgan fingerprint density at radius 2 is 1.52 bits per heavy atom. The van der Waals surface area contributed by atoms with E-state index in [0.717, 1.165) is 0 Å². The SMILES string of the molecule is COC1CN(C(=O)NC(C)(C)C(C)(C)C(=O)O)CC1OC. The van der Waals surface area contributed by atoms with Gasteiger partial charge in [-0.05, 0) is 27.7 Å². The lowest BCUT2D eigenvalue weighted by atomic mass is 9.74. The number of nitrogens with one attached hydrogen (secondary N) is 1. The van der Waals surface area contributed by atoms with Gasteiger partial charge in [0.2, 0.25) is 0 Å². The molecule has 0 aromatic carbocycles. The number of likely N-dealkylation sites (tertiary alicyclic amines) is 1. The van der Waals surface area contributed by atoms with Crippen LogP contribution >= 0.6 is 0 Å². The van der Waals surface area contributed by atoms with Crippen LogP contribution in [0, 0.1) is 5.41 Å². The van der Waals surface area contributed by atoms with E-state index in [2.05, 4.69) is 5.32 Å². The minimum Gasteiger partial charge on any atom is -0.481 e. The van der Waals surface area contributed by atoms with Gasteiger partial charge in [-0.3, -0.25) is 4.79 Å². The smallest absolute Gasteiger partial charge is 0.318 e. The van der Waals surface area contributed by atoms with E-state index in [1.165, 1.54) is 0 Å². The molecule has 0 aliphatic carbocycles. The fraction of sp³-hybridized carbons (Fsp3) is 0.857. The van der Waals surface area contributed by atoms with Crippen LogP contribution in [-0.4, -0.2) is 67.1 Å². The fourth-order valence-corrected chi connectivity index (χ4v) is 2.13. The maximum absolute atomic E-state index is 12.4. The summed E-state index contributed by atoms with van der Waals surface area (Å²) in [4.78, 5) is 25.3. The normalized spacial score (nSPS) is 23.2. The molecule has 1 aliphatic rings. The van der Waals surface area contributed by atoms with Crippen molar-refractivity contribution in [3.05, 3.63) is 0 Å². The first-order valence-electron chi connectivity index (χ1n) is 6.93. The minimum absolute atomic E-state index is 0.170. The Hall–Kier alpha value is -1.34. The zero-order valence-electron chi connectivity index (χ0n) is 13.6. The predicted octanol–water partition coefficient (Wildman–Crippen LogP) is 0.931. The largest absolute Gasteiger partial charge is 0.481 e. The van der Waals surface area contributed by atoms with E-state index in [9.17, 15) is 14.7 Å². The number of rotatable bonds is 5. The molecule has 1 rings (SSSR count). The molecule has 0 bridgehead atoms. The van der Waals surface area contributed by atoms with Gasteiger partial charge in [0.15, 0.2) is 0 Å². The summed E-state index contributed by atoms with van der Waals surface area (Å²) in [6, 6.07) is -0.309. The molecular formula is C14H26N2O5. The van der Waals surface area contributed by atoms with Crippen molar-refractivity contribution in [2.75, 3.05) is 27.3 Å². The van der Waals surface area contributed by atoms with Gasteiger partial charge in [-0.1, -0.05) is 0 Å². The first-order valence-corrected chi connectivity index (χ1v) is 6.93. The van der Waals surface area contributed by atoms with Gasteiger partial charge < -0.3 is 24.8 Å². The molecule has 0 aromatic rings. The van der Waals surface area contributed by atoms with E-state index in [1.54, 1.807) is 46.8 Å². The van der Waals surface area contributed by atoms with Crippen molar-refractivity contribution in [2.45, 2.75) is 45.4 Å². The third kappa shape index (κ3) is 3.47. The topological polar surface area (TPSA) is 88.1 Å². The van der Waals surface area contributed by atoms with Gasteiger partial charge in [0.1, 0.15) is 12.2 Å². The second-order valence-electron chi connectivity index (χ2n) is 6.44. The number of urea groups is 1. The van der Waals surface area contributed by atoms with E-state index >= 15 is 0 Å². The van der Waals surface area contributed by atoms with E-state index in [4.69, 9.17) is 9.47 Å². The molecule has 1 heterocycles. The van der Waals surface area contributed by atoms with Crippen molar-refractivity contribution in [1.82, 2.24) is 10.2 Å². The van der Waals surface area contributed by atoms with Crippen molar-refractivity contribution in [3.8, 4) is 0 Å². The summed E-state index contributed by atoms with van der Waals surface area (Å²) in [6.07, 6.45) is -0.340. The molecule has 2 amide bonds. The van der Waals surface area contributed by atoms with E-state index < -0.39 is 16.9 Å². The van der Waals surface area contributed by atoms with Gasteiger partial charge in [-0.2, -0.15) is 0 Å². The van der Waals surface area contributed by atoms with Gasteiger partial charge in [-0.25, -0.2) is 4.79 Å². The Labute approximate surface area is 125 Å². The van der Waals surface area contributed by atoms with Crippen LogP contribution in [0.1, 0.15) is 27.7 Å². The molecule has 2 unspecified atom stereocenters. The van der Waals surface area contributed by atoms with Crippen LogP contribution in [0.25, 0.3) is 0 Å². The Morgan fingerprint density at radius 3 is 1.86 bits per heavy atom. The monoisotopic (exact) mass is 302 g/mol. The molecule has 1 saturated heterocycles. The van der Waals surface area contributed by atoms with Crippen molar-refractivity contribution < 1.29 is 24.2 Å². The average Bonchev–Trinajstić information content (AvgIpc) is 2.80. The number of carbonyl (C=O) groups is 2. The second kappa shape index (κ2) is 6.19. The molecule has 2 N–H and O–H groups in total. The number of carboxylic acids is 1. The van der Waals surface area contributed by atoms with Crippen molar-refractivity contribution in [2.24, 2.45) is 5.41 Å². The molecule has 1 fully saturated rings. The highest BCUT2D eigenvalue weighted by atomic mass is 16.5. The zero-order chi connectivity index (χ0) is 16.4. The first kappa shape index (κ1) is 17.7. The number of ether oxygens (including phenoxy) is 2. The maximum atomic E-state index is 12.4. The molecule has 1 aliphatic heterocycles. The van der Waals surface area contributed by atoms with E-state index in [0.29, 0.717) is 13.1 Å². The number of methoxy groups -OCH3 is 2. The molecule has 21 heavy (non-hydrogen) atoms. The Balaban J connectivity index is 2.76. The van der Waals surface area contributed by atoms with Crippen molar-refractivity contribution in [1.29, 1.82) is 0 Å². The molecule has 0 aromatic heterocycles. The number of hydrogen-bond donors (Lipinski definition) is 2. The van der Waals surface area contributed by atoms with Crippen molar-refractivity contribution in [3.63, 3.8) is 0 Å².